The summed E-state index contributed by atoms with van der Waals surface area (Å²) < 4.78 is 38.2. The molecular formula is C27H24FNO2S. The van der Waals surface area contributed by atoms with Crippen LogP contribution in [0.1, 0.15) is 36.5 Å². The number of pyridine rings is 1. The van der Waals surface area contributed by atoms with Gasteiger partial charge in [0, 0.05) is 29.0 Å². The van der Waals surface area contributed by atoms with Crippen LogP contribution in [0.5, 0.6) is 0 Å². The summed E-state index contributed by atoms with van der Waals surface area (Å²) in [7, 11) is -3.23. The third kappa shape index (κ3) is 4.63. The van der Waals surface area contributed by atoms with E-state index in [1.54, 1.807) is 36.5 Å². The van der Waals surface area contributed by atoms with E-state index in [1.165, 1.54) is 12.3 Å². The average Bonchev–Trinajstić information content (AvgIpc) is 2.77. The molecule has 0 saturated heterocycles. The Labute approximate surface area is 188 Å². The minimum Gasteiger partial charge on any atom is -0.256 e. The summed E-state index contributed by atoms with van der Waals surface area (Å²) in [6.45, 7) is 4.23. The zero-order valence-corrected chi connectivity index (χ0v) is 19.0. The second-order valence-corrected chi connectivity index (χ2v) is 10.2. The minimum atomic E-state index is -3.23. The van der Waals surface area contributed by atoms with Crippen LogP contribution in [0.4, 0.5) is 4.39 Å². The quantitative estimate of drug-likeness (QED) is 0.320. The highest BCUT2D eigenvalue weighted by atomic mass is 32.2. The molecule has 0 atom stereocenters. The molecule has 5 heteroatoms. The summed E-state index contributed by atoms with van der Waals surface area (Å²) in [5, 5.41) is 0.986. The van der Waals surface area contributed by atoms with E-state index in [0.717, 1.165) is 33.2 Å². The van der Waals surface area contributed by atoms with Gasteiger partial charge in [-0.1, -0.05) is 50.3 Å². The molecule has 1 aromatic heterocycles. The van der Waals surface area contributed by atoms with Crippen molar-refractivity contribution >= 4 is 32.9 Å². The molecule has 0 aliphatic rings. The molecule has 3 nitrogen and oxygen atoms in total. The molecule has 0 bridgehead atoms. The van der Waals surface area contributed by atoms with Gasteiger partial charge in [0.05, 0.1) is 10.4 Å². The average molecular weight is 446 g/mol. The highest BCUT2D eigenvalue weighted by Gasteiger charge is 2.13. The first-order valence-electron chi connectivity index (χ1n) is 10.4. The van der Waals surface area contributed by atoms with Crippen molar-refractivity contribution in [3.8, 4) is 11.1 Å². The van der Waals surface area contributed by atoms with Gasteiger partial charge in [0.2, 0.25) is 0 Å². The van der Waals surface area contributed by atoms with E-state index in [-0.39, 0.29) is 10.7 Å². The monoisotopic (exact) mass is 445 g/mol. The molecule has 0 fully saturated rings. The van der Waals surface area contributed by atoms with Crippen LogP contribution in [-0.4, -0.2) is 19.7 Å². The predicted octanol–water partition coefficient (Wildman–Crippen LogP) is 6.74. The Balaban J connectivity index is 1.75. The second kappa shape index (κ2) is 8.67. The molecule has 32 heavy (non-hydrogen) atoms. The molecule has 0 spiro atoms. The Kier molecular flexibility index (Phi) is 5.94. The molecule has 162 valence electrons. The van der Waals surface area contributed by atoms with E-state index in [9.17, 15) is 12.8 Å². The third-order valence-corrected chi connectivity index (χ3v) is 6.58. The zero-order chi connectivity index (χ0) is 22.9. The van der Waals surface area contributed by atoms with Crippen LogP contribution in [0.25, 0.3) is 34.2 Å². The van der Waals surface area contributed by atoms with Gasteiger partial charge >= 0.3 is 0 Å². The normalized spacial score (nSPS) is 12.2. The van der Waals surface area contributed by atoms with Crippen molar-refractivity contribution in [1.82, 2.24) is 4.98 Å². The van der Waals surface area contributed by atoms with Crippen LogP contribution >= 0.6 is 0 Å². The van der Waals surface area contributed by atoms with E-state index >= 15 is 0 Å². The lowest BCUT2D eigenvalue weighted by molar-refractivity contribution is 0.602. The van der Waals surface area contributed by atoms with E-state index in [1.807, 2.05) is 36.4 Å². The van der Waals surface area contributed by atoms with Gasteiger partial charge < -0.3 is 0 Å². The van der Waals surface area contributed by atoms with Gasteiger partial charge in [0.1, 0.15) is 5.82 Å². The topological polar surface area (TPSA) is 47.0 Å². The van der Waals surface area contributed by atoms with Crippen molar-refractivity contribution in [3.05, 3.63) is 95.4 Å². The van der Waals surface area contributed by atoms with Crippen LogP contribution < -0.4 is 0 Å². The van der Waals surface area contributed by atoms with Gasteiger partial charge in [0.25, 0.3) is 0 Å². The molecule has 4 aromatic rings. The molecule has 0 aliphatic carbocycles. The number of sulfone groups is 1. The van der Waals surface area contributed by atoms with Gasteiger partial charge in [-0.05, 0) is 65.1 Å². The Hall–Kier alpha value is -3.31. The van der Waals surface area contributed by atoms with Crippen molar-refractivity contribution in [3.63, 3.8) is 0 Å². The maximum atomic E-state index is 14.9. The Morgan fingerprint density at radius 3 is 2.25 bits per heavy atom. The van der Waals surface area contributed by atoms with E-state index in [0.29, 0.717) is 11.5 Å². The molecule has 1 heterocycles. The standard InChI is InChI=1S/C27H24FNO2S/c1-18(2)22-16-21-5-4-14-29-27(21)25(17-22)24-15-20(10-13-26(24)28)7-6-19-8-11-23(12-9-19)32(3,30)31/h4-18H,1-3H3/b7-6-. The number of hydrogen-bond donors (Lipinski definition) is 0. The van der Waals surface area contributed by atoms with Gasteiger partial charge in [0.15, 0.2) is 9.84 Å². The van der Waals surface area contributed by atoms with Crippen LogP contribution in [0.2, 0.25) is 0 Å². The summed E-state index contributed by atoms with van der Waals surface area (Å²) in [5.74, 6) is 0.00640. The second-order valence-electron chi connectivity index (χ2n) is 8.21. The van der Waals surface area contributed by atoms with Crippen LogP contribution in [0, 0.1) is 5.82 Å². The molecule has 4 rings (SSSR count). The van der Waals surface area contributed by atoms with Gasteiger partial charge in [-0.2, -0.15) is 0 Å². The third-order valence-electron chi connectivity index (χ3n) is 5.45. The van der Waals surface area contributed by atoms with Gasteiger partial charge in [-0.3, -0.25) is 4.98 Å². The largest absolute Gasteiger partial charge is 0.256 e. The van der Waals surface area contributed by atoms with Crippen molar-refractivity contribution in [1.29, 1.82) is 0 Å². The fourth-order valence-electron chi connectivity index (χ4n) is 3.63. The Morgan fingerprint density at radius 2 is 1.56 bits per heavy atom. The molecule has 0 radical (unpaired) electrons. The van der Waals surface area contributed by atoms with E-state index in [4.69, 9.17) is 0 Å². The van der Waals surface area contributed by atoms with E-state index in [2.05, 4.69) is 24.9 Å². The zero-order valence-electron chi connectivity index (χ0n) is 18.2. The number of hydrogen-bond acceptors (Lipinski definition) is 3. The van der Waals surface area contributed by atoms with Crippen LogP contribution in [0.15, 0.2) is 77.8 Å². The maximum absolute atomic E-state index is 14.9. The van der Waals surface area contributed by atoms with Gasteiger partial charge in [-0.15, -0.1) is 0 Å². The fourth-order valence-corrected chi connectivity index (χ4v) is 4.26. The van der Waals surface area contributed by atoms with E-state index < -0.39 is 9.84 Å². The highest BCUT2D eigenvalue weighted by Crippen LogP contribution is 2.33. The number of fused-ring (bicyclic) bond motifs is 1. The molecule has 0 unspecified atom stereocenters. The molecule has 0 amide bonds. The maximum Gasteiger partial charge on any atom is 0.175 e. The molecule has 3 aromatic carbocycles. The minimum absolute atomic E-state index is 0.281. The first kappa shape index (κ1) is 21.9. The highest BCUT2D eigenvalue weighted by molar-refractivity contribution is 7.90. The first-order valence-corrected chi connectivity index (χ1v) is 12.3. The number of rotatable bonds is 5. The van der Waals surface area contributed by atoms with Crippen molar-refractivity contribution in [2.24, 2.45) is 0 Å². The lowest BCUT2D eigenvalue weighted by Crippen LogP contribution is -1.96. The SMILES string of the molecule is CC(C)c1cc(-c2cc(/C=C\c3ccc(S(C)(=O)=O)cc3)ccc2F)c2ncccc2c1. The molecule has 0 aliphatic heterocycles. The molecule has 0 saturated carbocycles. The van der Waals surface area contributed by atoms with Crippen molar-refractivity contribution in [2.45, 2.75) is 24.7 Å². The van der Waals surface area contributed by atoms with Crippen molar-refractivity contribution < 1.29 is 12.8 Å². The summed E-state index contributed by atoms with van der Waals surface area (Å²) >= 11 is 0. The summed E-state index contributed by atoms with van der Waals surface area (Å²) in [4.78, 5) is 4.80. The smallest absolute Gasteiger partial charge is 0.175 e. The summed E-state index contributed by atoms with van der Waals surface area (Å²) in [6.07, 6.45) is 6.68. The number of aromatic nitrogens is 1. The van der Waals surface area contributed by atoms with Crippen LogP contribution in [-0.2, 0) is 9.84 Å². The Bertz CT molecular complexity index is 1420. The van der Waals surface area contributed by atoms with Gasteiger partial charge in [-0.25, -0.2) is 12.8 Å². The molecule has 0 N–H and O–H groups in total. The first-order chi connectivity index (χ1) is 15.2. The predicted molar refractivity (Wildman–Crippen MR) is 130 cm³/mol. The van der Waals surface area contributed by atoms with Crippen molar-refractivity contribution in [2.75, 3.05) is 6.26 Å². The molecular weight excluding hydrogens is 421 g/mol. The lowest BCUT2D eigenvalue weighted by Gasteiger charge is -2.13. The Morgan fingerprint density at radius 1 is 0.875 bits per heavy atom. The summed E-state index contributed by atoms with van der Waals surface area (Å²) in [6, 6.07) is 19.7. The number of benzene rings is 3. The number of nitrogens with zero attached hydrogens (tertiary/aromatic N) is 1. The lowest BCUT2D eigenvalue weighted by atomic mass is 9.93. The fraction of sp³-hybridized carbons (Fsp3) is 0.148. The number of halogens is 1. The van der Waals surface area contributed by atoms with Crippen LogP contribution in [0.3, 0.4) is 0 Å². The summed E-state index contributed by atoms with van der Waals surface area (Å²) in [5.41, 5.74) is 4.88.